The van der Waals surface area contributed by atoms with E-state index in [0.717, 1.165) is 45.3 Å². The fraction of sp³-hybridized carbons (Fsp3) is 0.682. The number of rotatable bonds is 9. The zero-order chi connectivity index (χ0) is 21.4. The molecule has 1 saturated carbocycles. The molecule has 168 valence electrons. The van der Waals surface area contributed by atoms with E-state index in [2.05, 4.69) is 56.4 Å². The average Bonchev–Trinajstić information content (AvgIpc) is 2.69. The molecular formula is C22H37N5O2S. The Hall–Kier alpha value is -1.64. The first-order valence-electron chi connectivity index (χ1n) is 11.2. The molecular weight excluding hydrogens is 398 g/mol. The molecule has 0 atom stereocenters. The number of nitrogens with one attached hydrogen (secondary N) is 3. The summed E-state index contributed by atoms with van der Waals surface area (Å²) >= 11 is 0. The lowest BCUT2D eigenvalue weighted by Gasteiger charge is -2.33. The van der Waals surface area contributed by atoms with Crippen molar-refractivity contribution >= 4 is 16.0 Å². The summed E-state index contributed by atoms with van der Waals surface area (Å²) in [6.45, 7) is 6.19. The predicted molar refractivity (Wildman–Crippen MR) is 123 cm³/mol. The maximum Gasteiger partial charge on any atom is 0.213 e. The van der Waals surface area contributed by atoms with Crippen molar-refractivity contribution in [3.63, 3.8) is 0 Å². The van der Waals surface area contributed by atoms with Gasteiger partial charge in [0.15, 0.2) is 5.96 Å². The van der Waals surface area contributed by atoms with Crippen molar-refractivity contribution in [1.29, 1.82) is 0 Å². The highest BCUT2D eigenvalue weighted by Gasteiger charge is 2.22. The molecule has 2 fully saturated rings. The number of piperidine rings is 1. The second kappa shape index (κ2) is 11.1. The van der Waals surface area contributed by atoms with E-state index in [1.54, 1.807) is 7.05 Å². The van der Waals surface area contributed by atoms with Crippen molar-refractivity contribution in [3.05, 3.63) is 35.4 Å². The van der Waals surface area contributed by atoms with Gasteiger partial charge < -0.3 is 10.6 Å². The second-order valence-corrected chi connectivity index (χ2v) is 10.5. The topological polar surface area (TPSA) is 85.8 Å². The van der Waals surface area contributed by atoms with Crippen LogP contribution >= 0.6 is 0 Å². The van der Waals surface area contributed by atoms with Gasteiger partial charge in [0.2, 0.25) is 10.0 Å². The second-order valence-electron chi connectivity index (χ2n) is 8.58. The highest BCUT2D eigenvalue weighted by molar-refractivity contribution is 7.89. The van der Waals surface area contributed by atoms with Gasteiger partial charge in [0.25, 0.3) is 0 Å². The van der Waals surface area contributed by atoms with E-state index in [4.69, 9.17) is 0 Å². The summed E-state index contributed by atoms with van der Waals surface area (Å²) < 4.78 is 27.0. The Bertz CT molecular complexity index is 800. The quantitative estimate of drug-likeness (QED) is 0.407. The largest absolute Gasteiger partial charge is 0.355 e. The summed E-state index contributed by atoms with van der Waals surface area (Å²) in [5.74, 6) is 1.27. The van der Waals surface area contributed by atoms with Gasteiger partial charge in [-0.05, 0) is 49.7 Å². The van der Waals surface area contributed by atoms with Gasteiger partial charge in [-0.25, -0.2) is 13.1 Å². The summed E-state index contributed by atoms with van der Waals surface area (Å²) in [4.78, 5) is 6.76. The summed E-state index contributed by atoms with van der Waals surface area (Å²) in [6.07, 6.45) is 5.60. The first kappa shape index (κ1) is 23.0. The van der Waals surface area contributed by atoms with Crippen molar-refractivity contribution in [1.82, 2.24) is 20.3 Å². The average molecular weight is 436 g/mol. The first-order chi connectivity index (χ1) is 14.4. The fourth-order valence-corrected chi connectivity index (χ4v) is 4.97. The molecule has 0 radical (unpaired) electrons. The van der Waals surface area contributed by atoms with Crippen molar-refractivity contribution in [2.45, 2.75) is 51.6 Å². The van der Waals surface area contributed by atoms with E-state index >= 15 is 0 Å². The highest BCUT2D eigenvalue weighted by Crippen LogP contribution is 2.25. The van der Waals surface area contributed by atoms with Crippen LogP contribution in [0.1, 0.15) is 43.2 Å². The van der Waals surface area contributed by atoms with Crippen LogP contribution < -0.4 is 15.4 Å². The van der Waals surface area contributed by atoms with Crippen LogP contribution in [0.15, 0.2) is 29.3 Å². The van der Waals surface area contributed by atoms with Crippen molar-refractivity contribution in [3.8, 4) is 0 Å². The standard InChI is InChI=1S/C22H37N5O2S/c1-18-6-3-4-9-20(18)17-27-13-10-21(11-14-27)26-22(23-2)24-12-15-30(28,29)25-16-19-7-5-8-19/h3-4,6,9,19,21,25H,5,7-8,10-17H2,1-2H3,(H2,23,24,26). The summed E-state index contributed by atoms with van der Waals surface area (Å²) in [6, 6.07) is 8.93. The number of benzene rings is 1. The van der Waals surface area contributed by atoms with Gasteiger partial charge in [0.1, 0.15) is 0 Å². The molecule has 1 aromatic carbocycles. The molecule has 1 heterocycles. The van der Waals surface area contributed by atoms with E-state index in [1.807, 2.05) is 0 Å². The Labute approximate surface area is 181 Å². The molecule has 1 aliphatic carbocycles. The Morgan fingerprint density at radius 3 is 2.53 bits per heavy atom. The van der Waals surface area contributed by atoms with Gasteiger partial charge in [-0.1, -0.05) is 30.7 Å². The number of aliphatic imine (C=N–C) groups is 1. The predicted octanol–water partition coefficient (Wildman–Crippen LogP) is 1.84. The summed E-state index contributed by atoms with van der Waals surface area (Å²) in [5.41, 5.74) is 2.74. The van der Waals surface area contributed by atoms with Crippen LogP contribution in [0.5, 0.6) is 0 Å². The van der Waals surface area contributed by atoms with Gasteiger partial charge in [-0.2, -0.15) is 0 Å². The minimum Gasteiger partial charge on any atom is -0.355 e. The number of hydrogen-bond acceptors (Lipinski definition) is 4. The minimum atomic E-state index is -3.23. The van der Waals surface area contributed by atoms with Gasteiger partial charge >= 0.3 is 0 Å². The molecule has 3 rings (SSSR count). The molecule has 1 aliphatic heterocycles. The maximum absolute atomic E-state index is 12.1. The van der Waals surface area contributed by atoms with Crippen LogP contribution in [0, 0.1) is 12.8 Å². The molecule has 0 aromatic heterocycles. The summed E-state index contributed by atoms with van der Waals surface area (Å²) in [7, 11) is -1.50. The molecule has 8 heteroatoms. The molecule has 1 saturated heterocycles. The van der Waals surface area contributed by atoms with E-state index in [0.29, 0.717) is 31.0 Å². The van der Waals surface area contributed by atoms with Crippen molar-refractivity contribution in [2.75, 3.05) is 39.0 Å². The minimum absolute atomic E-state index is 0.0648. The zero-order valence-corrected chi connectivity index (χ0v) is 19.2. The lowest BCUT2D eigenvalue weighted by molar-refractivity contribution is 0.198. The molecule has 7 nitrogen and oxygen atoms in total. The zero-order valence-electron chi connectivity index (χ0n) is 18.4. The van der Waals surface area contributed by atoms with Gasteiger partial charge in [-0.15, -0.1) is 0 Å². The number of sulfonamides is 1. The third kappa shape index (κ3) is 7.25. The van der Waals surface area contributed by atoms with Crippen LogP contribution in [-0.4, -0.2) is 64.3 Å². The first-order valence-corrected chi connectivity index (χ1v) is 12.8. The Morgan fingerprint density at radius 2 is 1.90 bits per heavy atom. The van der Waals surface area contributed by atoms with Gasteiger partial charge in [0, 0.05) is 45.8 Å². The Morgan fingerprint density at radius 1 is 1.17 bits per heavy atom. The number of aryl methyl sites for hydroxylation is 1. The molecule has 1 aromatic rings. The monoisotopic (exact) mass is 435 g/mol. The molecule has 0 amide bonds. The number of nitrogens with zero attached hydrogens (tertiary/aromatic N) is 2. The number of likely N-dealkylation sites (tertiary alicyclic amines) is 1. The molecule has 0 bridgehead atoms. The van der Waals surface area contributed by atoms with Crippen LogP contribution in [-0.2, 0) is 16.6 Å². The molecule has 0 unspecified atom stereocenters. The number of hydrogen-bond donors (Lipinski definition) is 3. The third-order valence-electron chi connectivity index (χ3n) is 6.29. The number of guanidine groups is 1. The fourth-order valence-electron chi connectivity index (χ4n) is 3.97. The van der Waals surface area contributed by atoms with E-state index in [-0.39, 0.29) is 5.75 Å². The van der Waals surface area contributed by atoms with Crippen LogP contribution in [0.4, 0.5) is 0 Å². The maximum atomic E-state index is 12.1. The Balaban J connectivity index is 1.34. The van der Waals surface area contributed by atoms with Crippen LogP contribution in [0.2, 0.25) is 0 Å². The molecule has 3 N–H and O–H groups in total. The van der Waals surface area contributed by atoms with Crippen molar-refractivity contribution in [2.24, 2.45) is 10.9 Å². The van der Waals surface area contributed by atoms with Gasteiger partial charge in [-0.3, -0.25) is 9.89 Å². The Kier molecular flexibility index (Phi) is 8.53. The van der Waals surface area contributed by atoms with Gasteiger partial charge in [0.05, 0.1) is 5.75 Å². The van der Waals surface area contributed by atoms with Crippen molar-refractivity contribution < 1.29 is 8.42 Å². The SMILES string of the molecule is CN=C(NCCS(=O)(=O)NCC1CCC1)NC1CCN(Cc2ccccc2C)CC1. The third-order valence-corrected chi connectivity index (χ3v) is 7.64. The lowest BCUT2D eigenvalue weighted by Crippen LogP contribution is -2.49. The van der Waals surface area contributed by atoms with E-state index in [9.17, 15) is 8.42 Å². The summed E-state index contributed by atoms with van der Waals surface area (Å²) in [5, 5.41) is 6.61. The smallest absolute Gasteiger partial charge is 0.213 e. The molecule has 2 aliphatic rings. The van der Waals surface area contributed by atoms with Crippen LogP contribution in [0.3, 0.4) is 0 Å². The normalized spacial score (nSPS) is 19.5. The van der Waals surface area contributed by atoms with E-state index in [1.165, 1.54) is 17.5 Å². The molecule has 30 heavy (non-hydrogen) atoms. The highest BCUT2D eigenvalue weighted by atomic mass is 32.2. The van der Waals surface area contributed by atoms with Crippen LogP contribution in [0.25, 0.3) is 0 Å². The molecule has 0 spiro atoms. The van der Waals surface area contributed by atoms with E-state index < -0.39 is 10.0 Å². The lowest BCUT2D eigenvalue weighted by atomic mass is 9.86.